The largest absolute Gasteiger partial charge is 0.394 e. The van der Waals surface area contributed by atoms with Gasteiger partial charge < -0.3 is 29.7 Å². The minimum Gasteiger partial charge on any atom is -0.394 e. The molecule has 0 aromatic heterocycles. The number of carbonyl (C=O) groups excluding carboxylic acids is 1. The smallest absolute Gasteiger partial charge is 0.217 e. The number of amides is 1. The molecular formula is C16H23NO6. The summed E-state index contributed by atoms with van der Waals surface area (Å²) in [4.78, 5) is 11.4. The molecule has 23 heavy (non-hydrogen) atoms. The second kappa shape index (κ2) is 8.37. The van der Waals surface area contributed by atoms with Crippen LogP contribution in [0.4, 0.5) is 0 Å². The molecule has 1 aromatic carbocycles. The minimum atomic E-state index is -1.07. The van der Waals surface area contributed by atoms with E-state index in [0.29, 0.717) is 0 Å². The van der Waals surface area contributed by atoms with Crippen LogP contribution in [0.5, 0.6) is 0 Å². The zero-order valence-corrected chi connectivity index (χ0v) is 13.2. The van der Waals surface area contributed by atoms with Gasteiger partial charge in [0.15, 0.2) is 6.29 Å². The Morgan fingerprint density at radius 2 is 2.04 bits per heavy atom. The van der Waals surface area contributed by atoms with Crippen LogP contribution >= 0.6 is 0 Å². The first-order valence-corrected chi connectivity index (χ1v) is 7.46. The molecule has 1 amide bonds. The number of aliphatic hydroxyl groups excluding tert-OH is 2. The number of hydrogen-bond donors (Lipinski definition) is 3. The summed E-state index contributed by atoms with van der Waals surface area (Å²) < 4.78 is 16.6. The van der Waals surface area contributed by atoms with Crippen molar-refractivity contribution in [3.05, 3.63) is 35.9 Å². The molecule has 3 N–H and O–H groups in total. The monoisotopic (exact) mass is 325 g/mol. The van der Waals surface area contributed by atoms with Crippen LogP contribution in [0.2, 0.25) is 0 Å². The molecule has 1 fully saturated rings. The predicted octanol–water partition coefficient (Wildman–Crippen LogP) is -0.199. The van der Waals surface area contributed by atoms with Gasteiger partial charge in [-0.25, -0.2) is 0 Å². The minimum absolute atomic E-state index is 0.270. The van der Waals surface area contributed by atoms with Gasteiger partial charge in [-0.05, 0) is 5.56 Å². The van der Waals surface area contributed by atoms with E-state index in [9.17, 15) is 15.0 Å². The van der Waals surface area contributed by atoms with Crippen molar-refractivity contribution in [3.63, 3.8) is 0 Å². The number of methoxy groups -OCH3 is 1. The van der Waals surface area contributed by atoms with Crippen molar-refractivity contribution in [3.8, 4) is 0 Å². The Balaban J connectivity index is 2.12. The predicted molar refractivity (Wildman–Crippen MR) is 81.4 cm³/mol. The van der Waals surface area contributed by atoms with Gasteiger partial charge in [-0.1, -0.05) is 30.3 Å². The van der Waals surface area contributed by atoms with Crippen LogP contribution in [0.25, 0.3) is 0 Å². The second-order valence-electron chi connectivity index (χ2n) is 5.44. The molecule has 1 saturated heterocycles. The van der Waals surface area contributed by atoms with E-state index in [4.69, 9.17) is 14.2 Å². The third-order valence-corrected chi connectivity index (χ3v) is 3.75. The van der Waals surface area contributed by atoms with Crippen LogP contribution in [0.15, 0.2) is 30.3 Å². The molecule has 0 aliphatic carbocycles. The van der Waals surface area contributed by atoms with Gasteiger partial charge >= 0.3 is 0 Å². The molecule has 7 heteroatoms. The van der Waals surface area contributed by atoms with E-state index in [1.807, 2.05) is 30.3 Å². The highest BCUT2D eigenvalue weighted by Gasteiger charge is 2.46. The lowest BCUT2D eigenvalue weighted by Gasteiger charge is -2.43. The van der Waals surface area contributed by atoms with Crippen molar-refractivity contribution >= 4 is 5.91 Å². The fourth-order valence-corrected chi connectivity index (χ4v) is 2.63. The SMILES string of the molecule is COC1C(O)C(CO)OC(OCc2ccccc2)C1NC(C)=O. The first-order chi connectivity index (χ1) is 11.1. The number of rotatable bonds is 6. The number of aliphatic hydroxyl groups is 2. The molecule has 2 rings (SSSR count). The Morgan fingerprint density at radius 1 is 1.35 bits per heavy atom. The molecule has 0 radical (unpaired) electrons. The second-order valence-corrected chi connectivity index (χ2v) is 5.44. The van der Waals surface area contributed by atoms with Crippen molar-refractivity contribution in [2.24, 2.45) is 0 Å². The molecule has 1 aromatic rings. The molecule has 128 valence electrons. The van der Waals surface area contributed by atoms with Crippen LogP contribution in [0, 0.1) is 0 Å². The lowest BCUT2D eigenvalue weighted by Crippen LogP contribution is -2.65. The molecule has 0 spiro atoms. The lowest BCUT2D eigenvalue weighted by atomic mass is 9.96. The van der Waals surface area contributed by atoms with Crippen LogP contribution in [0.1, 0.15) is 12.5 Å². The van der Waals surface area contributed by atoms with Gasteiger partial charge in [0, 0.05) is 14.0 Å². The summed E-state index contributed by atoms with van der Waals surface area (Å²) in [5.41, 5.74) is 0.943. The maximum absolute atomic E-state index is 11.4. The fraction of sp³-hybridized carbons (Fsp3) is 0.562. The molecule has 5 unspecified atom stereocenters. The zero-order chi connectivity index (χ0) is 16.8. The maximum atomic E-state index is 11.4. The van der Waals surface area contributed by atoms with Crippen molar-refractivity contribution in [2.75, 3.05) is 13.7 Å². The standard InChI is InChI=1S/C16H23NO6/c1-10(19)17-13-15(21-2)14(20)12(8-18)23-16(13)22-9-11-6-4-3-5-7-11/h3-7,12-16,18,20H,8-9H2,1-2H3,(H,17,19). The molecular weight excluding hydrogens is 302 g/mol. The highest BCUT2D eigenvalue weighted by molar-refractivity contribution is 5.73. The van der Waals surface area contributed by atoms with Gasteiger partial charge in [0.05, 0.1) is 13.2 Å². The van der Waals surface area contributed by atoms with E-state index < -0.39 is 30.6 Å². The lowest BCUT2D eigenvalue weighted by molar-refractivity contribution is -0.277. The number of benzene rings is 1. The van der Waals surface area contributed by atoms with E-state index in [1.54, 1.807) is 0 Å². The van der Waals surface area contributed by atoms with Crippen molar-refractivity contribution in [1.29, 1.82) is 0 Å². The van der Waals surface area contributed by atoms with Crippen LogP contribution in [-0.4, -0.2) is 60.5 Å². The van der Waals surface area contributed by atoms with Crippen molar-refractivity contribution in [1.82, 2.24) is 5.32 Å². The van der Waals surface area contributed by atoms with Crippen LogP contribution < -0.4 is 5.32 Å². The van der Waals surface area contributed by atoms with Gasteiger partial charge in [-0.15, -0.1) is 0 Å². The quantitative estimate of drug-likeness (QED) is 0.670. The molecule has 1 heterocycles. The summed E-state index contributed by atoms with van der Waals surface area (Å²) in [5.74, 6) is -0.288. The molecule has 1 aliphatic rings. The molecule has 5 atom stereocenters. The Bertz CT molecular complexity index is 497. The Morgan fingerprint density at radius 3 is 2.61 bits per heavy atom. The van der Waals surface area contributed by atoms with Gasteiger partial charge in [-0.2, -0.15) is 0 Å². The fourth-order valence-electron chi connectivity index (χ4n) is 2.63. The highest BCUT2D eigenvalue weighted by atomic mass is 16.7. The van der Waals surface area contributed by atoms with Gasteiger partial charge in [0.2, 0.25) is 5.91 Å². The molecule has 0 bridgehead atoms. The summed E-state index contributed by atoms with van der Waals surface area (Å²) in [6.07, 6.45) is -3.50. The average molecular weight is 325 g/mol. The number of ether oxygens (including phenoxy) is 3. The summed E-state index contributed by atoms with van der Waals surface area (Å²) in [7, 11) is 1.43. The van der Waals surface area contributed by atoms with Gasteiger partial charge in [0.1, 0.15) is 24.4 Å². The van der Waals surface area contributed by atoms with Gasteiger partial charge in [-0.3, -0.25) is 4.79 Å². The summed E-state index contributed by atoms with van der Waals surface area (Å²) in [6.45, 7) is 1.26. The summed E-state index contributed by atoms with van der Waals surface area (Å²) in [5, 5.41) is 22.2. The van der Waals surface area contributed by atoms with Crippen molar-refractivity contribution in [2.45, 2.75) is 44.2 Å². The van der Waals surface area contributed by atoms with Gasteiger partial charge in [0.25, 0.3) is 0 Å². The first-order valence-electron chi connectivity index (χ1n) is 7.46. The Hall–Kier alpha value is -1.51. The van der Waals surface area contributed by atoms with E-state index >= 15 is 0 Å². The van der Waals surface area contributed by atoms with E-state index in [2.05, 4.69) is 5.32 Å². The van der Waals surface area contributed by atoms with Crippen LogP contribution in [0.3, 0.4) is 0 Å². The summed E-state index contributed by atoms with van der Waals surface area (Å²) >= 11 is 0. The summed E-state index contributed by atoms with van der Waals surface area (Å²) in [6, 6.07) is 8.82. The topological polar surface area (TPSA) is 97.2 Å². The van der Waals surface area contributed by atoms with Crippen molar-refractivity contribution < 1.29 is 29.2 Å². The molecule has 0 saturated carbocycles. The first kappa shape index (κ1) is 17.8. The Labute approximate surface area is 135 Å². The van der Waals surface area contributed by atoms with Crippen LogP contribution in [-0.2, 0) is 25.6 Å². The normalized spacial score (nSPS) is 30.9. The maximum Gasteiger partial charge on any atom is 0.217 e. The number of hydrogen-bond acceptors (Lipinski definition) is 6. The Kier molecular flexibility index (Phi) is 6.49. The third kappa shape index (κ3) is 4.49. The van der Waals surface area contributed by atoms with E-state index in [0.717, 1.165) is 5.56 Å². The zero-order valence-electron chi connectivity index (χ0n) is 13.2. The number of nitrogens with one attached hydrogen (secondary N) is 1. The number of carbonyl (C=O) groups is 1. The van der Waals surface area contributed by atoms with E-state index in [-0.39, 0.29) is 19.1 Å². The van der Waals surface area contributed by atoms with E-state index in [1.165, 1.54) is 14.0 Å². The highest BCUT2D eigenvalue weighted by Crippen LogP contribution is 2.25. The average Bonchev–Trinajstić information content (AvgIpc) is 2.55. The molecule has 7 nitrogen and oxygen atoms in total. The molecule has 1 aliphatic heterocycles. The third-order valence-electron chi connectivity index (χ3n) is 3.75.